The van der Waals surface area contributed by atoms with Crippen molar-refractivity contribution in [2.75, 3.05) is 26.3 Å². The molecule has 1 saturated heterocycles. The fourth-order valence-corrected chi connectivity index (χ4v) is 2.94. The number of carbonyl (C=O) groups is 1. The van der Waals surface area contributed by atoms with Crippen LogP contribution in [-0.4, -0.2) is 43.2 Å². The molecule has 0 aliphatic carbocycles. The predicted octanol–water partition coefficient (Wildman–Crippen LogP) is 1.51. The lowest BCUT2D eigenvalue weighted by atomic mass is 10.0. The molecule has 2 aliphatic rings. The minimum atomic E-state index is -0.483. The molecule has 1 atom stereocenters. The molecule has 1 unspecified atom stereocenters. The molecule has 2 N–H and O–H groups in total. The highest BCUT2D eigenvalue weighted by atomic mass is 35.5. The number of hydrogen-bond donors (Lipinski definition) is 1. The molecule has 0 radical (unpaired) electrons. The molecule has 2 aliphatic heterocycles. The summed E-state index contributed by atoms with van der Waals surface area (Å²) in [6.45, 7) is 3.60. The Morgan fingerprint density at radius 3 is 3.00 bits per heavy atom. The Balaban J connectivity index is 0.00000176. The van der Waals surface area contributed by atoms with Crippen molar-refractivity contribution >= 4 is 18.3 Å². The van der Waals surface area contributed by atoms with Gasteiger partial charge in [0, 0.05) is 19.6 Å². The van der Waals surface area contributed by atoms with E-state index in [2.05, 4.69) is 23.1 Å². The monoisotopic (exact) mass is 326 g/mol. The Morgan fingerprint density at radius 2 is 2.18 bits per heavy atom. The molecule has 122 valence electrons. The quantitative estimate of drug-likeness (QED) is 0.914. The highest BCUT2D eigenvalue weighted by Gasteiger charge is 2.24. The average molecular weight is 327 g/mol. The van der Waals surface area contributed by atoms with Crippen LogP contribution in [0.3, 0.4) is 0 Å². The molecule has 0 bridgehead atoms. The summed E-state index contributed by atoms with van der Waals surface area (Å²) in [5.74, 6) is 0.642. The van der Waals surface area contributed by atoms with Crippen molar-refractivity contribution in [3.05, 3.63) is 29.3 Å². The minimum Gasteiger partial charge on any atom is -0.493 e. The molecular weight excluding hydrogens is 304 g/mol. The van der Waals surface area contributed by atoms with E-state index in [1.165, 1.54) is 17.5 Å². The van der Waals surface area contributed by atoms with Gasteiger partial charge in [-0.15, -0.1) is 12.4 Å². The summed E-state index contributed by atoms with van der Waals surface area (Å²) in [5.41, 5.74) is 7.87. The lowest BCUT2D eigenvalue weighted by molar-refractivity contribution is -0.135. The summed E-state index contributed by atoms with van der Waals surface area (Å²) in [7, 11) is 0. The van der Waals surface area contributed by atoms with Crippen LogP contribution in [0.5, 0.6) is 5.75 Å². The number of halogens is 1. The zero-order valence-electron chi connectivity index (χ0n) is 12.6. The van der Waals surface area contributed by atoms with Gasteiger partial charge < -0.3 is 15.2 Å². The third kappa shape index (κ3) is 4.12. The first-order valence-corrected chi connectivity index (χ1v) is 7.60. The van der Waals surface area contributed by atoms with Crippen LogP contribution in [0.15, 0.2) is 18.2 Å². The Bertz CT molecular complexity index is 524. The number of rotatable bonds is 3. The van der Waals surface area contributed by atoms with E-state index in [9.17, 15) is 4.79 Å². The number of primary amides is 1. The van der Waals surface area contributed by atoms with Gasteiger partial charge in [-0.2, -0.15) is 0 Å². The van der Waals surface area contributed by atoms with E-state index in [4.69, 9.17) is 15.2 Å². The molecule has 1 aromatic carbocycles. The maximum Gasteiger partial charge on any atom is 0.247 e. The molecule has 0 saturated carbocycles. The first kappa shape index (κ1) is 17.1. The van der Waals surface area contributed by atoms with E-state index in [-0.39, 0.29) is 18.3 Å². The second-order valence-corrected chi connectivity index (χ2v) is 5.74. The summed E-state index contributed by atoms with van der Waals surface area (Å²) in [6.07, 6.45) is 2.89. The van der Waals surface area contributed by atoms with Gasteiger partial charge in [-0.3, -0.25) is 9.69 Å². The third-order valence-electron chi connectivity index (χ3n) is 4.10. The van der Waals surface area contributed by atoms with E-state index >= 15 is 0 Å². The van der Waals surface area contributed by atoms with E-state index in [0.29, 0.717) is 13.2 Å². The number of aryl methyl sites for hydroxylation is 1. The molecule has 1 fully saturated rings. The standard InChI is InChI=1S/C16H22N2O3.ClH/c17-16(19)15-11-18(6-8-21-15)10-12-4-5-14-13(9-12)3-1-2-7-20-14;/h4-5,9,15H,1-3,6-8,10-11H2,(H2,17,19);1H. The second-order valence-electron chi connectivity index (χ2n) is 5.74. The summed E-state index contributed by atoms with van der Waals surface area (Å²) < 4.78 is 11.1. The van der Waals surface area contributed by atoms with Crippen LogP contribution in [0, 0.1) is 0 Å². The van der Waals surface area contributed by atoms with Crippen molar-refractivity contribution in [3.8, 4) is 5.75 Å². The topological polar surface area (TPSA) is 64.8 Å². The predicted molar refractivity (Wildman–Crippen MR) is 86.3 cm³/mol. The molecule has 1 amide bonds. The molecule has 2 heterocycles. The van der Waals surface area contributed by atoms with Gasteiger partial charge in [0.15, 0.2) is 0 Å². The molecule has 0 aromatic heterocycles. The maximum absolute atomic E-state index is 11.2. The number of hydrogen-bond acceptors (Lipinski definition) is 4. The number of amides is 1. The van der Waals surface area contributed by atoms with Crippen LogP contribution >= 0.6 is 12.4 Å². The van der Waals surface area contributed by atoms with Gasteiger partial charge in [-0.05, 0) is 36.5 Å². The molecule has 1 aromatic rings. The van der Waals surface area contributed by atoms with Crippen LogP contribution in [0.4, 0.5) is 0 Å². The lowest BCUT2D eigenvalue weighted by Gasteiger charge is -2.31. The number of nitrogens with two attached hydrogens (primary N) is 1. The van der Waals surface area contributed by atoms with E-state index < -0.39 is 6.10 Å². The fraction of sp³-hybridized carbons (Fsp3) is 0.562. The smallest absolute Gasteiger partial charge is 0.247 e. The van der Waals surface area contributed by atoms with Crippen LogP contribution in [-0.2, 0) is 22.5 Å². The number of nitrogens with zero attached hydrogens (tertiary/aromatic N) is 1. The van der Waals surface area contributed by atoms with E-state index in [1.807, 2.05) is 0 Å². The van der Waals surface area contributed by atoms with Crippen molar-refractivity contribution in [3.63, 3.8) is 0 Å². The van der Waals surface area contributed by atoms with Crippen molar-refractivity contribution in [2.45, 2.75) is 31.9 Å². The Hall–Kier alpha value is -1.30. The number of morpholine rings is 1. The number of fused-ring (bicyclic) bond motifs is 1. The first-order chi connectivity index (χ1) is 10.2. The minimum absolute atomic E-state index is 0. The molecule has 0 spiro atoms. The summed E-state index contributed by atoms with van der Waals surface area (Å²) in [5, 5.41) is 0. The van der Waals surface area contributed by atoms with Gasteiger partial charge in [0.25, 0.3) is 0 Å². The lowest BCUT2D eigenvalue weighted by Crippen LogP contribution is -2.47. The van der Waals surface area contributed by atoms with Gasteiger partial charge in [0.05, 0.1) is 13.2 Å². The first-order valence-electron chi connectivity index (χ1n) is 7.60. The van der Waals surface area contributed by atoms with Gasteiger partial charge >= 0.3 is 0 Å². The highest BCUT2D eigenvalue weighted by Crippen LogP contribution is 2.26. The summed E-state index contributed by atoms with van der Waals surface area (Å²) >= 11 is 0. The van der Waals surface area contributed by atoms with Gasteiger partial charge in [0.1, 0.15) is 11.9 Å². The Kier molecular flexibility index (Phi) is 6.06. The highest BCUT2D eigenvalue weighted by molar-refractivity contribution is 5.85. The summed E-state index contributed by atoms with van der Waals surface area (Å²) in [4.78, 5) is 13.5. The van der Waals surface area contributed by atoms with Crippen molar-refractivity contribution in [1.29, 1.82) is 0 Å². The SMILES string of the molecule is Cl.NC(=O)C1CN(Cc2ccc3c(c2)CCCCO3)CCO1. The largest absolute Gasteiger partial charge is 0.493 e. The van der Waals surface area contributed by atoms with E-state index in [1.54, 1.807) is 0 Å². The van der Waals surface area contributed by atoms with Gasteiger partial charge in [-0.25, -0.2) is 0 Å². The Morgan fingerprint density at radius 1 is 1.32 bits per heavy atom. The molecule has 5 nitrogen and oxygen atoms in total. The number of ether oxygens (including phenoxy) is 2. The van der Waals surface area contributed by atoms with Gasteiger partial charge in [0.2, 0.25) is 5.91 Å². The van der Waals surface area contributed by atoms with Crippen LogP contribution in [0.25, 0.3) is 0 Å². The average Bonchev–Trinajstić information content (AvgIpc) is 2.72. The van der Waals surface area contributed by atoms with Crippen molar-refractivity contribution in [1.82, 2.24) is 4.90 Å². The molecular formula is C16H23ClN2O3. The van der Waals surface area contributed by atoms with Crippen molar-refractivity contribution in [2.24, 2.45) is 5.73 Å². The van der Waals surface area contributed by atoms with Crippen LogP contribution in [0.1, 0.15) is 24.0 Å². The number of benzene rings is 1. The summed E-state index contributed by atoms with van der Waals surface area (Å²) in [6, 6.07) is 6.41. The van der Waals surface area contributed by atoms with Crippen molar-refractivity contribution < 1.29 is 14.3 Å². The normalized spacial score (nSPS) is 21.9. The molecule has 22 heavy (non-hydrogen) atoms. The number of carbonyl (C=O) groups excluding carboxylic acids is 1. The zero-order chi connectivity index (χ0) is 14.7. The van der Waals surface area contributed by atoms with Gasteiger partial charge in [-0.1, -0.05) is 12.1 Å². The van der Waals surface area contributed by atoms with E-state index in [0.717, 1.165) is 38.3 Å². The third-order valence-corrected chi connectivity index (χ3v) is 4.10. The Labute approximate surface area is 137 Å². The maximum atomic E-state index is 11.2. The second kappa shape index (κ2) is 7.81. The molecule has 3 rings (SSSR count). The molecule has 6 heteroatoms. The fourth-order valence-electron chi connectivity index (χ4n) is 2.94. The van der Waals surface area contributed by atoms with Crippen LogP contribution in [0.2, 0.25) is 0 Å². The van der Waals surface area contributed by atoms with Crippen LogP contribution < -0.4 is 10.5 Å². The zero-order valence-corrected chi connectivity index (χ0v) is 13.4.